The third-order valence-corrected chi connectivity index (χ3v) is 3.99. The summed E-state index contributed by atoms with van der Waals surface area (Å²) in [6.07, 6.45) is 0. The zero-order valence-corrected chi connectivity index (χ0v) is 16.4. The first kappa shape index (κ1) is 19.9. The minimum absolute atomic E-state index is 0.117. The van der Waals surface area contributed by atoms with Crippen molar-refractivity contribution in [2.45, 2.75) is 6.92 Å². The Morgan fingerprint density at radius 1 is 0.897 bits per heavy atom. The van der Waals surface area contributed by atoms with Crippen molar-refractivity contribution < 1.29 is 19.0 Å². The summed E-state index contributed by atoms with van der Waals surface area (Å²) in [4.78, 5) is 12.0. The van der Waals surface area contributed by atoms with Crippen molar-refractivity contribution in [1.82, 2.24) is 10.2 Å². The smallest absolute Gasteiger partial charge is 0.263 e. The molecule has 1 heterocycles. The number of benzene rings is 2. The Balaban J connectivity index is 1.56. The standard InChI is InChI=1S/C21H22N4O4/c1-14-4-6-15(7-5-14)29-13-21(26)23-20-11-10-19(24-25-20)22-17-9-8-16(27-2)12-18(17)28-3/h4-12H,13H2,1-3H3,(H,22,24)(H,23,25,26). The molecule has 0 saturated heterocycles. The molecule has 1 amide bonds. The summed E-state index contributed by atoms with van der Waals surface area (Å²) in [7, 11) is 3.16. The number of aromatic nitrogens is 2. The van der Waals surface area contributed by atoms with Gasteiger partial charge in [0.25, 0.3) is 5.91 Å². The van der Waals surface area contributed by atoms with Gasteiger partial charge in [0.2, 0.25) is 0 Å². The molecular weight excluding hydrogens is 372 g/mol. The first-order valence-corrected chi connectivity index (χ1v) is 8.89. The van der Waals surface area contributed by atoms with Crippen LogP contribution in [0.4, 0.5) is 17.3 Å². The fourth-order valence-corrected chi connectivity index (χ4v) is 2.47. The number of nitrogens with one attached hydrogen (secondary N) is 2. The Morgan fingerprint density at radius 2 is 1.59 bits per heavy atom. The number of aryl methyl sites for hydroxylation is 1. The summed E-state index contributed by atoms with van der Waals surface area (Å²) < 4.78 is 16.0. The number of amides is 1. The van der Waals surface area contributed by atoms with E-state index in [2.05, 4.69) is 20.8 Å². The van der Waals surface area contributed by atoms with Gasteiger partial charge in [0, 0.05) is 6.07 Å². The third-order valence-electron chi connectivity index (χ3n) is 3.99. The van der Waals surface area contributed by atoms with Crippen LogP contribution >= 0.6 is 0 Å². The Morgan fingerprint density at radius 3 is 2.24 bits per heavy atom. The van der Waals surface area contributed by atoms with E-state index in [0.29, 0.717) is 34.6 Å². The summed E-state index contributed by atoms with van der Waals surface area (Å²) in [5.41, 5.74) is 1.84. The van der Waals surface area contributed by atoms with E-state index in [1.807, 2.05) is 37.3 Å². The molecule has 0 radical (unpaired) electrons. The highest BCUT2D eigenvalue weighted by molar-refractivity contribution is 5.90. The Labute approximate surface area is 168 Å². The van der Waals surface area contributed by atoms with Crippen LogP contribution in [0.5, 0.6) is 17.2 Å². The van der Waals surface area contributed by atoms with Crippen LogP contribution in [0, 0.1) is 6.92 Å². The van der Waals surface area contributed by atoms with Gasteiger partial charge in [-0.1, -0.05) is 17.7 Å². The molecular formula is C21H22N4O4. The van der Waals surface area contributed by atoms with Crippen molar-refractivity contribution in [2.75, 3.05) is 31.5 Å². The number of methoxy groups -OCH3 is 2. The molecule has 2 N–H and O–H groups in total. The van der Waals surface area contributed by atoms with E-state index in [4.69, 9.17) is 14.2 Å². The molecule has 0 saturated carbocycles. The molecule has 8 nitrogen and oxygen atoms in total. The van der Waals surface area contributed by atoms with Crippen LogP contribution in [0.25, 0.3) is 0 Å². The maximum absolute atomic E-state index is 12.0. The van der Waals surface area contributed by atoms with Crippen LogP contribution in [-0.4, -0.2) is 36.9 Å². The largest absolute Gasteiger partial charge is 0.497 e. The van der Waals surface area contributed by atoms with Crippen LogP contribution in [-0.2, 0) is 4.79 Å². The first-order chi connectivity index (χ1) is 14.1. The van der Waals surface area contributed by atoms with Crippen LogP contribution in [0.15, 0.2) is 54.6 Å². The molecule has 0 atom stereocenters. The lowest BCUT2D eigenvalue weighted by atomic mass is 10.2. The maximum atomic E-state index is 12.0. The normalized spacial score (nSPS) is 10.2. The zero-order chi connectivity index (χ0) is 20.6. The highest BCUT2D eigenvalue weighted by Crippen LogP contribution is 2.30. The van der Waals surface area contributed by atoms with Gasteiger partial charge in [-0.05, 0) is 43.3 Å². The van der Waals surface area contributed by atoms with Crippen LogP contribution in [0.2, 0.25) is 0 Å². The first-order valence-electron chi connectivity index (χ1n) is 8.89. The number of carbonyl (C=O) groups is 1. The second kappa shape index (κ2) is 9.41. The number of anilines is 3. The molecule has 8 heteroatoms. The molecule has 0 bridgehead atoms. The van der Waals surface area contributed by atoms with Gasteiger partial charge in [-0.2, -0.15) is 0 Å². The predicted molar refractivity (Wildman–Crippen MR) is 110 cm³/mol. The van der Waals surface area contributed by atoms with Crippen molar-refractivity contribution >= 4 is 23.2 Å². The highest BCUT2D eigenvalue weighted by Gasteiger charge is 2.08. The van der Waals surface area contributed by atoms with E-state index < -0.39 is 0 Å². The van der Waals surface area contributed by atoms with Gasteiger partial charge in [-0.25, -0.2) is 0 Å². The van der Waals surface area contributed by atoms with Gasteiger partial charge >= 0.3 is 0 Å². The number of hydrogen-bond acceptors (Lipinski definition) is 7. The van der Waals surface area contributed by atoms with Crippen LogP contribution < -0.4 is 24.8 Å². The summed E-state index contributed by atoms with van der Waals surface area (Å²) in [6.45, 7) is 1.87. The van der Waals surface area contributed by atoms with Crippen molar-refractivity contribution in [3.8, 4) is 17.2 Å². The van der Waals surface area contributed by atoms with Gasteiger partial charge < -0.3 is 24.8 Å². The van der Waals surface area contributed by atoms with Crippen molar-refractivity contribution in [1.29, 1.82) is 0 Å². The molecule has 3 rings (SSSR count). The molecule has 1 aromatic heterocycles. The van der Waals surface area contributed by atoms with Gasteiger partial charge in [0.1, 0.15) is 17.2 Å². The van der Waals surface area contributed by atoms with Gasteiger partial charge in [0.15, 0.2) is 18.2 Å². The average molecular weight is 394 g/mol. The molecule has 2 aromatic carbocycles. The fourth-order valence-electron chi connectivity index (χ4n) is 2.47. The Bertz CT molecular complexity index is 959. The monoisotopic (exact) mass is 394 g/mol. The fraction of sp³-hybridized carbons (Fsp3) is 0.190. The Hall–Kier alpha value is -3.81. The molecule has 3 aromatic rings. The zero-order valence-electron chi connectivity index (χ0n) is 16.4. The topological polar surface area (TPSA) is 94.6 Å². The lowest BCUT2D eigenvalue weighted by Gasteiger charge is -2.12. The number of carbonyl (C=O) groups excluding carboxylic acids is 1. The number of hydrogen-bond donors (Lipinski definition) is 2. The lowest BCUT2D eigenvalue weighted by Crippen LogP contribution is -2.21. The quantitative estimate of drug-likeness (QED) is 0.603. The minimum Gasteiger partial charge on any atom is -0.497 e. The number of rotatable bonds is 8. The lowest BCUT2D eigenvalue weighted by molar-refractivity contribution is -0.118. The summed E-state index contributed by atoms with van der Waals surface area (Å²) in [5, 5.41) is 13.8. The molecule has 0 fully saturated rings. The van der Waals surface area contributed by atoms with Gasteiger partial charge in [0.05, 0.1) is 19.9 Å². The molecule has 0 aliphatic heterocycles. The van der Waals surface area contributed by atoms with E-state index in [0.717, 1.165) is 5.56 Å². The maximum Gasteiger partial charge on any atom is 0.263 e. The molecule has 0 aliphatic rings. The van der Waals surface area contributed by atoms with Gasteiger partial charge in [-0.3, -0.25) is 4.79 Å². The highest BCUT2D eigenvalue weighted by atomic mass is 16.5. The SMILES string of the molecule is COc1ccc(Nc2ccc(NC(=O)COc3ccc(C)cc3)nn2)c(OC)c1. The van der Waals surface area contributed by atoms with E-state index in [-0.39, 0.29) is 12.5 Å². The molecule has 0 unspecified atom stereocenters. The average Bonchev–Trinajstić information content (AvgIpc) is 2.75. The van der Waals surface area contributed by atoms with E-state index in [1.165, 1.54) is 0 Å². The van der Waals surface area contributed by atoms with Crippen molar-refractivity contribution in [2.24, 2.45) is 0 Å². The minimum atomic E-state index is -0.322. The molecule has 0 aliphatic carbocycles. The molecule has 29 heavy (non-hydrogen) atoms. The third kappa shape index (κ3) is 5.58. The van der Waals surface area contributed by atoms with E-state index >= 15 is 0 Å². The number of nitrogens with zero attached hydrogens (tertiary/aromatic N) is 2. The summed E-state index contributed by atoms with van der Waals surface area (Å²) in [6, 6.07) is 16.2. The number of ether oxygens (including phenoxy) is 3. The van der Waals surface area contributed by atoms with Crippen molar-refractivity contribution in [3.05, 3.63) is 60.2 Å². The second-order valence-electron chi connectivity index (χ2n) is 6.14. The van der Waals surface area contributed by atoms with Crippen molar-refractivity contribution in [3.63, 3.8) is 0 Å². The van der Waals surface area contributed by atoms with Crippen LogP contribution in [0.1, 0.15) is 5.56 Å². The van der Waals surface area contributed by atoms with Crippen LogP contribution in [0.3, 0.4) is 0 Å². The predicted octanol–water partition coefficient (Wildman–Crippen LogP) is 3.56. The van der Waals surface area contributed by atoms with Gasteiger partial charge in [-0.15, -0.1) is 10.2 Å². The summed E-state index contributed by atoms with van der Waals surface area (Å²) in [5.74, 6) is 2.43. The molecule has 0 spiro atoms. The Kier molecular flexibility index (Phi) is 6.47. The molecule has 150 valence electrons. The van der Waals surface area contributed by atoms with E-state index in [9.17, 15) is 4.79 Å². The second-order valence-corrected chi connectivity index (χ2v) is 6.14. The summed E-state index contributed by atoms with van der Waals surface area (Å²) >= 11 is 0. The van der Waals surface area contributed by atoms with E-state index in [1.54, 1.807) is 38.5 Å².